The molecule has 1 aromatic carbocycles. The molecule has 3 rings (SSSR count). The second-order valence-corrected chi connectivity index (χ2v) is 6.08. The van der Waals surface area contributed by atoms with Gasteiger partial charge in [-0.25, -0.2) is 9.69 Å². The van der Waals surface area contributed by atoms with Gasteiger partial charge in [-0.1, -0.05) is 19.1 Å². The lowest BCUT2D eigenvalue weighted by molar-refractivity contribution is -0.135. The van der Waals surface area contributed by atoms with Crippen LogP contribution in [0.1, 0.15) is 32.3 Å². The summed E-state index contributed by atoms with van der Waals surface area (Å²) in [6.07, 6.45) is 0.330. The van der Waals surface area contributed by atoms with Crippen molar-refractivity contribution in [2.45, 2.75) is 38.6 Å². The van der Waals surface area contributed by atoms with Gasteiger partial charge in [0.2, 0.25) is 5.91 Å². The summed E-state index contributed by atoms with van der Waals surface area (Å²) in [4.78, 5) is 49.7. The number of carbonyl (C=O) groups is 3. The van der Waals surface area contributed by atoms with Crippen molar-refractivity contribution in [3.05, 3.63) is 34.7 Å². The minimum absolute atomic E-state index is 0.101. The van der Waals surface area contributed by atoms with Crippen LogP contribution in [0.4, 0.5) is 5.69 Å². The van der Waals surface area contributed by atoms with E-state index in [9.17, 15) is 19.3 Å². The van der Waals surface area contributed by atoms with Crippen LogP contribution in [0.25, 0.3) is 0 Å². The van der Waals surface area contributed by atoms with E-state index in [4.69, 9.17) is 4.74 Å². The zero-order chi connectivity index (χ0) is 18.9. The van der Waals surface area contributed by atoms with Gasteiger partial charge in [-0.05, 0) is 31.0 Å². The summed E-state index contributed by atoms with van der Waals surface area (Å²) in [5.74, 6) is -1.84. The number of imide groups is 1. The van der Waals surface area contributed by atoms with E-state index in [1.807, 2.05) is 19.1 Å². The molecule has 2 aliphatic heterocycles. The fraction of sp³-hybridized carbons (Fsp3) is 0.412. The van der Waals surface area contributed by atoms with Crippen molar-refractivity contribution in [2.75, 3.05) is 11.5 Å². The Morgan fingerprint density at radius 2 is 1.92 bits per heavy atom. The van der Waals surface area contributed by atoms with E-state index in [2.05, 4.69) is 10.4 Å². The van der Waals surface area contributed by atoms with E-state index in [1.54, 1.807) is 19.1 Å². The number of nitrogens with zero attached hydrogens (tertiary/aromatic N) is 4. The third-order valence-electron chi connectivity index (χ3n) is 4.54. The van der Waals surface area contributed by atoms with Crippen molar-refractivity contribution in [3.63, 3.8) is 0 Å². The molecule has 2 amide bonds. The molecule has 0 radical (unpaired) electrons. The summed E-state index contributed by atoms with van der Waals surface area (Å²) in [6, 6.07) is 7.00. The molecular weight excluding hydrogens is 340 g/mol. The topological polar surface area (TPSA) is 109 Å². The van der Waals surface area contributed by atoms with Crippen molar-refractivity contribution >= 4 is 29.2 Å². The number of benzene rings is 1. The first-order chi connectivity index (χ1) is 12.5. The van der Waals surface area contributed by atoms with Crippen molar-refractivity contribution in [2.24, 2.45) is 10.4 Å². The summed E-state index contributed by atoms with van der Waals surface area (Å²) in [5.41, 5.74) is -0.238. The van der Waals surface area contributed by atoms with Crippen LogP contribution in [0.3, 0.4) is 0 Å². The lowest BCUT2D eigenvalue weighted by atomic mass is 9.92. The second-order valence-electron chi connectivity index (χ2n) is 6.08. The Kier molecular flexibility index (Phi) is 4.54. The van der Waals surface area contributed by atoms with Gasteiger partial charge in [-0.2, -0.15) is 0 Å². The zero-order valence-corrected chi connectivity index (χ0v) is 14.5. The summed E-state index contributed by atoms with van der Waals surface area (Å²) < 4.78 is 4.87. The van der Waals surface area contributed by atoms with Crippen LogP contribution < -0.4 is 4.90 Å². The van der Waals surface area contributed by atoms with Crippen LogP contribution >= 0.6 is 0 Å². The molecule has 2 heterocycles. The molecule has 0 N–H and O–H groups in total. The molecule has 0 unspecified atom stereocenters. The summed E-state index contributed by atoms with van der Waals surface area (Å²) in [6.45, 7) is 3.75. The van der Waals surface area contributed by atoms with Gasteiger partial charge in [-0.15, -0.1) is 15.1 Å². The van der Waals surface area contributed by atoms with Gasteiger partial charge < -0.3 is 4.74 Å². The standard InChI is InChI=1S/C17H18N4O5/c1-3-11-5-7-12(8-6-11)20-14(22)10-17(16(20)24)9-13(15(23)26-4-2)18-21(17)19-25/h5-8H,3-4,9-10H2,1-2H3/t17-/m1/s1. The average molecular weight is 358 g/mol. The number of nitroso groups, excluding NO2 is 1. The van der Waals surface area contributed by atoms with E-state index in [-0.39, 0.29) is 25.2 Å². The number of hydrogen-bond donors (Lipinski definition) is 0. The summed E-state index contributed by atoms with van der Waals surface area (Å²) in [5, 5.41) is 7.17. The van der Waals surface area contributed by atoms with Gasteiger partial charge in [0.05, 0.1) is 24.0 Å². The average Bonchev–Trinajstić information content (AvgIpc) is 3.13. The van der Waals surface area contributed by atoms with Crippen molar-refractivity contribution < 1.29 is 19.1 Å². The molecule has 9 nitrogen and oxygen atoms in total. The second kappa shape index (κ2) is 6.66. The highest BCUT2D eigenvalue weighted by atomic mass is 16.5. The Morgan fingerprint density at radius 3 is 2.50 bits per heavy atom. The number of hydrogen-bond acceptors (Lipinski definition) is 7. The van der Waals surface area contributed by atoms with Crippen LogP contribution in [0.15, 0.2) is 34.7 Å². The fourth-order valence-corrected chi connectivity index (χ4v) is 3.18. The van der Waals surface area contributed by atoms with Gasteiger partial charge >= 0.3 is 5.97 Å². The molecule has 0 bridgehead atoms. The quantitative estimate of drug-likeness (QED) is 0.449. The maximum Gasteiger partial charge on any atom is 0.354 e. The van der Waals surface area contributed by atoms with E-state index >= 15 is 0 Å². The number of hydrazone groups is 1. The Balaban J connectivity index is 1.92. The van der Waals surface area contributed by atoms with Gasteiger partial charge in [-0.3, -0.25) is 9.59 Å². The summed E-state index contributed by atoms with van der Waals surface area (Å²) >= 11 is 0. The predicted octanol–water partition coefficient (Wildman–Crippen LogP) is 1.56. The molecule has 9 heteroatoms. The predicted molar refractivity (Wildman–Crippen MR) is 92.0 cm³/mol. The van der Waals surface area contributed by atoms with Crippen molar-refractivity contribution in [1.82, 2.24) is 5.12 Å². The van der Waals surface area contributed by atoms with E-state index in [0.29, 0.717) is 10.8 Å². The molecule has 0 aliphatic carbocycles. The van der Waals surface area contributed by atoms with Gasteiger partial charge in [0.1, 0.15) is 0 Å². The number of carbonyl (C=O) groups excluding carboxylic acids is 3. The molecule has 136 valence electrons. The first-order valence-electron chi connectivity index (χ1n) is 8.31. The lowest BCUT2D eigenvalue weighted by Crippen LogP contribution is -2.48. The Hall–Kier alpha value is -3.10. The maximum atomic E-state index is 13.0. The van der Waals surface area contributed by atoms with Gasteiger partial charge in [0.15, 0.2) is 11.3 Å². The molecule has 2 aliphatic rings. The van der Waals surface area contributed by atoms with E-state index in [0.717, 1.165) is 16.9 Å². The first kappa shape index (κ1) is 17.7. The van der Waals surface area contributed by atoms with Crippen LogP contribution in [0, 0.1) is 4.91 Å². The number of rotatable bonds is 5. The number of ether oxygens (including phenoxy) is 1. The zero-order valence-electron chi connectivity index (χ0n) is 14.5. The molecule has 1 saturated heterocycles. The van der Waals surface area contributed by atoms with Gasteiger partial charge in [0, 0.05) is 6.42 Å². The monoisotopic (exact) mass is 358 g/mol. The molecule has 0 saturated carbocycles. The maximum absolute atomic E-state index is 13.0. The highest BCUT2D eigenvalue weighted by Gasteiger charge is 2.61. The molecule has 1 fully saturated rings. The normalized spacial score (nSPS) is 22.2. The number of anilines is 1. The highest BCUT2D eigenvalue weighted by Crippen LogP contribution is 2.40. The minimum Gasteiger partial charge on any atom is -0.461 e. The highest BCUT2D eigenvalue weighted by molar-refractivity contribution is 6.39. The molecule has 26 heavy (non-hydrogen) atoms. The largest absolute Gasteiger partial charge is 0.461 e. The van der Waals surface area contributed by atoms with E-state index < -0.39 is 23.3 Å². The van der Waals surface area contributed by atoms with Gasteiger partial charge in [0.25, 0.3) is 5.91 Å². The number of amides is 2. The van der Waals surface area contributed by atoms with Crippen LogP contribution in [-0.2, 0) is 25.5 Å². The van der Waals surface area contributed by atoms with E-state index in [1.165, 1.54) is 0 Å². The van der Waals surface area contributed by atoms with Crippen molar-refractivity contribution in [3.8, 4) is 0 Å². The first-order valence-corrected chi connectivity index (χ1v) is 8.31. The Morgan fingerprint density at radius 1 is 1.23 bits per heavy atom. The number of esters is 1. The molecule has 0 aromatic heterocycles. The third kappa shape index (κ3) is 2.65. The lowest BCUT2D eigenvalue weighted by Gasteiger charge is -2.24. The summed E-state index contributed by atoms with van der Waals surface area (Å²) in [7, 11) is 0. The minimum atomic E-state index is -1.61. The fourth-order valence-electron chi connectivity index (χ4n) is 3.18. The Bertz CT molecular complexity index is 804. The molecular formula is C17H18N4O5. The molecule has 1 spiro atoms. The van der Waals surface area contributed by atoms with Crippen LogP contribution in [0.5, 0.6) is 0 Å². The smallest absolute Gasteiger partial charge is 0.354 e. The number of aryl methyl sites for hydroxylation is 1. The molecule has 1 aromatic rings. The molecule has 1 atom stereocenters. The van der Waals surface area contributed by atoms with Crippen LogP contribution in [-0.4, -0.2) is 40.8 Å². The Labute approximate surface area is 149 Å². The van der Waals surface area contributed by atoms with Crippen molar-refractivity contribution in [1.29, 1.82) is 0 Å². The third-order valence-corrected chi connectivity index (χ3v) is 4.54. The van der Waals surface area contributed by atoms with Crippen LogP contribution in [0.2, 0.25) is 0 Å². The SMILES string of the molecule is CCOC(=O)C1=NN(N=O)[C@@]2(CC(=O)N(c3ccc(CC)cc3)C2=O)C1.